The lowest BCUT2D eigenvalue weighted by molar-refractivity contribution is -0.103. The van der Waals surface area contributed by atoms with Gasteiger partial charge in [-0.15, -0.1) is 0 Å². The highest BCUT2D eigenvalue weighted by molar-refractivity contribution is 7.92. The second-order valence-electron chi connectivity index (χ2n) is 15.3. The fraction of sp³-hybridized carbons (Fsp3) is 0.579. The largest absolute Gasteiger partial charge is 0.588 e. The summed E-state index contributed by atoms with van der Waals surface area (Å²) in [6.45, 7) is 18.3. The number of ether oxygens (including phenoxy) is 2. The van der Waals surface area contributed by atoms with Gasteiger partial charge in [-0.1, -0.05) is 51.1 Å². The number of hydrogen-bond acceptors (Lipinski definition) is 7. The first-order valence-corrected chi connectivity index (χ1v) is 18.3. The maximum absolute atomic E-state index is 13.6. The molecular weight excluding hydrogens is 593 g/mol. The third-order valence-corrected chi connectivity index (χ3v) is 11.2. The first-order valence-electron chi connectivity index (χ1n) is 17.2. The molecule has 4 bridgehead atoms. The number of nitrogens with zero attached hydrogens (tertiary/aromatic N) is 3. The zero-order valence-corrected chi connectivity index (χ0v) is 29.5. The Morgan fingerprint density at radius 3 is 2.37 bits per heavy atom. The average molecular weight is 645 g/mol. The highest BCUT2D eigenvalue weighted by Gasteiger charge is 2.43. The molecule has 2 unspecified atom stereocenters. The molecule has 8 heteroatoms. The van der Waals surface area contributed by atoms with Crippen LogP contribution in [0.2, 0.25) is 0 Å². The Labute approximate surface area is 279 Å². The van der Waals surface area contributed by atoms with E-state index in [-0.39, 0.29) is 17.6 Å². The number of aromatic nitrogens is 2. The average Bonchev–Trinajstić information content (AvgIpc) is 2.95. The van der Waals surface area contributed by atoms with Gasteiger partial charge in [0, 0.05) is 30.8 Å². The summed E-state index contributed by atoms with van der Waals surface area (Å²) in [5.41, 5.74) is 5.49. The van der Waals surface area contributed by atoms with Crippen LogP contribution in [-0.2, 0) is 22.5 Å². The quantitative estimate of drug-likeness (QED) is 0.291. The van der Waals surface area contributed by atoms with Crippen LogP contribution in [0.25, 0.3) is 11.3 Å². The lowest BCUT2D eigenvalue weighted by atomic mass is 9.63. The molecule has 1 N–H and O–H groups in total. The maximum atomic E-state index is 13.6. The Morgan fingerprint density at radius 2 is 1.67 bits per heavy atom. The van der Waals surface area contributed by atoms with Gasteiger partial charge in [0.15, 0.2) is 4.90 Å². The minimum absolute atomic E-state index is 0.161. The van der Waals surface area contributed by atoms with Gasteiger partial charge >= 0.3 is 0 Å². The summed E-state index contributed by atoms with van der Waals surface area (Å²) < 4.78 is 29.4. The summed E-state index contributed by atoms with van der Waals surface area (Å²) >= 11 is -1.51. The summed E-state index contributed by atoms with van der Waals surface area (Å²) in [7, 11) is 0. The van der Waals surface area contributed by atoms with Gasteiger partial charge in [-0.2, -0.15) is 9.71 Å². The second-order valence-corrected chi connectivity index (χ2v) is 16.5. The predicted octanol–water partition coefficient (Wildman–Crippen LogP) is 7.78. The van der Waals surface area contributed by atoms with E-state index in [1.165, 1.54) is 18.4 Å². The fourth-order valence-electron chi connectivity index (χ4n) is 8.15. The molecule has 1 saturated heterocycles. The topological polar surface area (TPSA) is 82.6 Å². The molecule has 3 aromatic rings. The molecule has 2 aliphatic heterocycles. The summed E-state index contributed by atoms with van der Waals surface area (Å²) in [4.78, 5) is 13.0. The van der Waals surface area contributed by atoms with Crippen LogP contribution >= 0.6 is 0 Å². The number of morpholine rings is 1. The lowest BCUT2D eigenvalue weighted by Gasteiger charge is -2.51. The molecule has 0 amide bonds. The molecule has 6 rings (SSSR count). The van der Waals surface area contributed by atoms with Crippen LogP contribution in [0.5, 0.6) is 5.88 Å². The van der Waals surface area contributed by atoms with Gasteiger partial charge in [-0.25, -0.2) is 4.98 Å². The monoisotopic (exact) mass is 644 g/mol. The minimum atomic E-state index is -1.51. The molecule has 1 saturated carbocycles. The molecule has 0 spiro atoms. The molecule has 2 fully saturated rings. The van der Waals surface area contributed by atoms with Crippen molar-refractivity contribution < 1.29 is 14.0 Å². The summed E-state index contributed by atoms with van der Waals surface area (Å²) in [5, 5.41) is 0. The predicted molar refractivity (Wildman–Crippen MR) is 186 cm³/mol. The minimum Gasteiger partial charge on any atom is -0.588 e. The van der Waals surface area contributed by atoms with Crippen LogP contribution in [0.1, 0.15) is 77.0 Å². The van der Waals surface area contributed by atoms with Crippen molar-refractivity contribution in [2.45, 2.75) is 104 Å². The number of fused-ring (bicyclic) bond motifs is 4. The first kappa shape index (κ1) is 33.3. The third kappa shape index (κ3) is 7.89. The molecule has 7 nitrogen and oxygen atoms in total. The van der Waals surface area contributed by atoms with Crippen molar-refractivity contribution >= 4 is 17.3 Å². The van der Waals surface area contributed by atoms with Crippen LogP contribution in [0.3, 0.4) is 0 Å². The second kappa shape index (κ2) is 13.8. The number of nitrogens with one attached hydrogen (secondary N) is 1. The summed E-state index contributed by atoms with van der Waals surface area (Å²) in [6, 6.07) is 17.1. The van der Waals surface area contributed by atoms with Crippen molar-refractivity contribution in [3.63, 3.8) is 0 Å². The van der Waals surface area contributed by atoms with Gasteiger partial charge in [-0.05, 0) is 112 Å². The molecule has 1 aromatic heterocycles. The highest BCUT2D eigenvalue weighted by atomic mass is 32.2. The smallest absolute Gasteiger partial charge is 0.269 e. The van der Waals surface area contributed by atoms with Gasteiger partial charge in [0.05, 0.1) is 24.5 Å². The van der Waals surface area contributed by atoms with Gasteiger partial charge in [0.25, 0.3) is 5.95 Å². The maximum Gasteiger partial charge on any atom is 0.269 e. The number of aryl methyl sites for hydroxylation is 3. The van der Waals surface area contributed by atoms with Crippen LogP contribution in [0, 0.1) is 37.0 Å². The van der Waals surface area contributed by atoms with Gasteiger partial charge in [0.2, 0.25) is 5.88 Å². The van der Waals surface area contributed by atoms with Gasteiger partial charge < -0.3 is 14.0 Å². The molecule has 3 heterocycles. The molecule has 5 atom stereocenters. The van der Waals surface area contributed by atoms with Crippen LogP contribution in [-0.4, -0.2) is 57.4 Å². The van der Waals surface area contributed by atoms with Gasteiger partial charge in [-0.3, -0.25) is 4.90 Å². The van der Waals surface area contributed by atoms with E-state index in [1.807, 2.05) is 18.2 Å². The number of rotatable bonds is 4. The standard InChI is InChI=1S/C38H52N4O3S/c1-24-10-8-11-25(2)36(24)34-19-35-40-37(39-34)41-46(43)32-13-9-12-28(16-32)14-15-33(30(23-44-35)20-38(5,6)7)29-17-31(18-29)42-21-26(3)45-27(4)22-42/h8-13,16,19,26-27,29-31,33H,14-15,17-18,20-23H2,1-7H3,(H,39,40,41)/t26-,27+,29-,30-,31+,33?,46?/m1/s1. The molecule has 3 aliphatic rings. The Kier molecular flexibility index (Phi) is 10.0. The van der Waals surface area contributed by atoms with E-state index in [0.29, 0.717) is 42.2 Å². The summed E-state index contributed by atoms with van der Waals surface area (Å²) in [5.74, 6) is 2.38. The number of anilines is 1. The summed E-state index contributed by atoms with van der Waals surface area (Å²) in [6.07, 6.45) is 6.16. The molecular formula is C38H52N4O3S. The molecule has 248 valence electrons. The Hall–Kier alpha value is -2.65. The van der Waals surface area contributed by atoms with Crippen molar-refractivity contribution in [2.24, 2.45) is 23.2 Å². The van der Waals surface area contributed by atoms with E-state index in [9.17, 15) is 4.55 Å². The zero-order valence-electron chi connectivity index (χ0n) is 28.7. The van der Waals surface area contributed by atoms with Crippen molar-refractivity contribution in [1.29, 1.82) is 0 Å². The molecule has 0 radical (unpaired) electrons. The van der Waals surface area contributed by atoms with E-state index < -0.39 is 11.4 Å². The highest BCUT2D eigenvalue weighted by Crippen LogP contribution is 2.46. The van der Waals surface area contributed by atoms with Crippen molar-refractivity contribution in [3.8, 4) is 17.1 Å². The Morgan fingerprint density at radius 1 is 0.978 bits per heavy atom. The van der Waals surface area contributed by atoms with E-state index in [2.05, 4.69) is 88.4 Å². The molecule has 46 heavy (non-hydrogen) atoms. The van der Waals surface area contributed by atoms with Crippen LogP contribution in [0.15, 0.2) is 53.4 Å². The third-order valence-electron chi connectivity index (χ3n) is 10.1. The van der Waals surface area contributed by atoms with Crippen molar-refractivity contribution in [2.75, 3.05) is 24.4 Å². The molecule has 1 aliphatic carbocycles. The normalized spacial score (nSPS) is 29.2. The SMILES string of the molecule is Cc1cccc(C)c1-c1cc2nc(n1)N[S+]([O-])c1cccc(c1)CCC([C@H]1C[C@@H](N3C[C@@H](C)O[C@@H](C)C3)C1)[C@H](CC(C)(C)C)CO2. The van der Waals surface area contributed by atoms with Crippen molar-refractivity contribution in [3.05, 3.63) is 65.2 Å². The first-order chi connectivity index (χ1) is 21.9. The number of benzene rings is 2. The fourth-order valence-corrected chi connectivity index (χ4v) is 8.98. The molecule has 2 aromatic carbocycles. The zero-order chi connectivity index (χ0) is 32.6. The van der Waals surface area contributed by atoms with Gasteiger partial charge in [0.1, 0.15) is 11.4 Å². The van der Waals surface area contributed by atoms with E-state index in [4.69, 9.17) is 19.4 Å². The number of hydrogen-bond donors (Lipinski definition) is 1. The van der Waals surface area contributed by atoms with E-state index >= 15 is 0 Å². The van der Waals surface area contributed by atoms with Crippen LogP contribution in [0.4, 0.5) is 5.95 Å². The van der Waals surface area contributed by atoms with E-state index in [0.717, 1.165) is 59.6 Å². The van der Waals surface area contributed by atoms with Crippen LogP contribution < -0.4 is 9.46 Å². The lowest BCUT2D eigenvalue weighted by Crippen LogP contribution is -2.55. The Balaban J connectivity index is 1.34. The van der Waals surface area contributed by atoms with Crippen molar-refractivity contribution in [1.82, 2.24) is 14.9 Å². The van der Waals surface area contributed by atoms with E-state index in [1.54, 1.807) is 0 Å². The Bertz CT molecular complexity index is 1470.